The number of aryl methyl sites for hydroxylation is 2. The lowest BCUT2D eigenvalue weighted by molar-refractivity contribution is 0.376. The van der Waals surface area contributed by atoms with Crippen LogP contribution in [0.3, 0.4) is 0 Å². The number of piperidine rings is 1. The third kappa shape index (κ3) is 2.78. The van der Waals surface area contributed by atoms with Crippen molar-refractivity contribution >= 4 is 5.95 Å². The molecule has 2 aromatic rings. The molecule has 0 spiro atoms. The third-order valence-electron chi connectivity index (χ3n) is 4.55. The Balaban J connectivity index is 1.81. The van der Waals surface area contributed by atoms with E-state index in [0.29, 0.717) is 5.92 Å². The molecule has 3 N–H and O–H groups in total. The van der Waals surface area contributed by atoms with Crippen molar-refractivity contribution in [2.24, 2.45) is 11.7 Å². The molecule has 0 amide bonds. The minimum absolute atomic E-state index is 0.197. The maximum atomic E-state index is 6.15. The molecule has 2 heterocycles. The van der Waals surface area contributed by atoms with E-state index in [1.54, 1.807) is 0 Å². The second-order valence-corrected chi connectivity index (χ2v) is 6.16. The van der Waals surface area contributed by atoms with Gasteiger partial charge in [-0.05, 0) is 43.4 Å². The van der Waals surface area contributed by atoms with Gasteiger partial charge in [-0.1, -0.05) is 19.1 Å². The molecule has 1 aliphatic heterocycles. The zero-order valence-electron chi connectivity index (χ0n) is 12.9. The smallest absolute Gasteiger partial charge is 0.245 e. The number of aromatic amines is 1. The summed E-state index contributed by atoms with van der Waals surface area (Å²) in [5.41, 5.74) is 9.78. The van der Waals surface area contributed by atoms with Crippen molar-refractivity contribution in [3.05, 3.63) is 29.3 Å². The maximum absolute atomic E-state index is 6.15. The highest BCUT2D eigenvalue weighted by Gasteiger charge is 2.25. The van der Waals surface area contributed by atoms with Gasteiger partial charge in [0.25, 0.3) is 0 Å². The van der Waals surface area contributed by atoms with Crippen LogP contribution in [-0.4, -0.2) is 34.3 Å². The maximum Gasteiger partial charge on any atom is 0.245 e. The molecule has 1 saturated heterocycles. The van der Waals surface area contributed by atoms with E-state index in [1.165, 1.54) is 11.1 Å². The van der Waals surface area contributed by atoms with Gasteiger partial charge in [0.2, 0.25) is 5.95 Å². The van der Waals surface area contributed by atoms with Crippen molar-refractivity contribution in [3.63, 3.8) is 0 Å². The number of anilines is 1. The van der Waals surface area contributed by atoms with Gasteiger partial charge in [-0.3, -0.25) is 5.10 Å². The largest absolute Gasteiger partial charge is 0.338 e. The lowest BCUT2D eigenvalue weighted by Crippen LogP contribution is -2.48. The summed E-state index contributed by atoms with van der Waals surface area (Å²) in [6, 6.07) is 6.54. The van der Waals surface area contributed by atoms with E-state index < -0.39 is 0 Å². The second-order valence-electron chi connectivity index (χ2n) is 6.16. The third-order valence-corrected chi connectivity index (χ3v) is 4.55. The quantitative estimate of drug-likeness (QED) is 0.888. The highest BCUT2D eigenvalue weighted by atomic mass is 15.4. The number of nitrogens with two attached hydrogens (primary N) is 1. The summed E-state index contributed by atoms with van der Waals surface area (Å²) in [5, 5.41) is 7.41. The predicted molar refractivity (Wildman–Crippen MR) is 85.3 cm³/mol. The summed E-state index contributed by atoms with van der Waals surface area (Å²) < 4.78 is 0. The fourth-order valence-electron chi connectivity index (χ4n) is 2.69. The van der Waals surface area contributed by atoms with Crippen LogP contribution >= 0.6 is 0 Å². The molecule has 5 nitrogen and oxygen atoms in total. The molecule has 21 heavy (non-hydrogen) atoms. The molecule has 1 aliphatic rings. The fourth-order valence-corrected chi connectivity index (χ4v) is 2.69. The van der Waals surface area contributed by atoms with Crippen LogP contribution in [0.1, 0.15) is 24.5 Å². The number of aromatic nitrogens is 3. The van der Waals surface area contributed by atoms with Gasteiger partial charge in [0.05, 0.1) is 0 Å². The van der Waals surface area contributed by atoms with Crippen LogP contribution in [0.4, 0.5) is 5.95 Å². The van der Waals surface area contributed by atoms with Gasteiger partial charge in [-0.25, -0.2) is 0 Å². The zero-order chi connectivity index (χ0) is 15.0. The summed E-state index contributed by atoms with van der Waals surface area (Å²) in [6.45, 7) is 8.23. The summed E-state index contributed by atoms with van der Waals surface area (Å²) in [6.07, 6.45) is 1.09. The first-order valence-electron chi connectivity index (χ1n) is 7.55. The number of benzene rings is 1. The first kappa shape index (κ1) is 14.1. The van der Waals surface area contributed by atoms with Crippen molar-refractivity contribution in [2.45, 2.75) is 33.2 Å². The Hall–Kier alpha value is -1.88. The highest BCUT2D eigenvalue weighted by Crippen LogP contribution is 2.23. The van der Waals surface area contributed by atoms with E-state index in [4.69, 9.17) is 5.73 Å². The Kier molecular flexibility index (Phi) is 3.68. The van der Waals surface area contributed by atoms with E-state index >= 15 is 0 Å². The number of nitrogens with one attached hydrogen (secondary N) is 1. The number of nitrogens with zero attached hydrogens (tertiary/aromatic N) is 3. The van der Waals surface area contributed by atoms with Crippen molar-refractivity contribution < 1.29 is 0 Å². The fraction of sp³-hybridized carbons (Fsp3) is 0.500. The van der Waals surface area contributed by atoms with Gasteiger partial charge in [0.1, 0.15) is 0 Å². The first-order chi connectivity index (χ1) is 10.0. The molecule has 5 heteroatoms. The molecule has 1 fully saturated rings. The van der Waals surface area contributed by atoms with Crippen LogP contribution < -0.4 is 10.6 Å². The molecule has 0 aliphatic carbocycles. The lowest BCUT2D eigenvalue weighted by Gasteiger charge is -2.34. The van der Waals surface area contributed by atoms with Gasteiger partial charge in [0, 0.05) is 24.7 Å². The van der Waals surface area contributed by atoms with Gasteiger partial charge >= 0.3 is 0 Å². The van der Waals surface area contributed by atoms with Gasteiger partial charge in [-0.15, -0.1) is 5.10 Å². The molecule has 1 aromatic carbocycles. The molecule has 0 radical (unpaired) electrons. The monoisotopic (exact) mass is 285 g/mol. The van der Waals surface area contributed by atoms with E-state index in [1.807, 2.05) is 0 Å². The standard InChI is InChI=1S/C16H23N5/c1-10-4-5-13(8-12(10)3)15-18-16(20-19-15)21-7-6-11(2)14(17)9-21/h4-5,8,11,14H,6-7,9,17H2,1-3H3,(H,18,19,20). The van der Waals surface area contributed by atoms with Crippen LogP contribution in [0.5, 0.6) is 0 Å². The second kappa shape index (κ2) is 5.48. The molecular formula is C16H23N5. The van der Waals surface area contributed by atoms with E-state index in [2.05, 4.69) is 59.1 Å². The Morgan fingerprint density at radius 1 is 1.29 bits per heavy atom. The van der Waals surface area contributed by atoms with Gasteiger partial charge in [-0.2, -0.15) is 4.98 Å². The Morgan fingerprint density at radius 2 is 2.10 bits per heavy atom. The van der Waals surface area contributed by atoms with Crippen LogP contribution in [0.15, 0.2) is 18.2 Å². The molecule has 0 bridgehead atoms. The number of hydrogen-bond donors (Lipinski definition) is 2. The molecule has 0 saturated carbocycles. The number of H-pyrrole nitrogens is 1. The van der Waals surface area contributed by atoms with E-state index in [9.17, 15) is 0 Å². The summed E-state index contributed by atoms with van der Waals surface area (Å²) in [7, 11) is 0. The first-order valence-corrected chi connectivity index (χ1v) is 7.55. The molecular weight excluding hydrogens is 262 g/mol. The number of rotatable bonds is 2. The number of hydrogen-bond acceptors (Lipinski definition) is 4. The van der Waals surface area contributed by atoms with E-state index in [-0.39, 0.29) is 6.04 Å². The Labute approximate surface area is 125 Å². The normalized spacial score (nSPS) is 22.6. The summed E-state index contributed by atoms with van der Waals surface area (Å²) in [4.78, 5) is 6.81. The zero-order valence-corrected chi connectivity index (χ0v) is 12.9. The van der Waals surface area contributed by atoms with Crippen molar-refractivity contribution in [1.82, 2.24) is 15.2 Å². The van der Waals surface area contributed by atoms with Crippen LogP contribution in [-0.2, 0) is 0 Å². The lowest BCUT2D eigenvalue weighted by atomic mass is 9.95. The predicted octanol–water partition coefficient (Wildman–Crippen LogP) is 2.26. The highest BCUT2D eigenvalue weighted by molar-refractivity contribution is 5.58. The topological polar surface area (TPSA) is 70.8 Å². The van der Waals surface area contributed by atoms with Crippen LogP contribution in [0.25, 0.3) is 11.4 Å². The SMILES string of the molecule is Cc1ccc(-c2nc(N3CCC(C)C(N)C3)n[nH]2)cc1C. The average Bonchev–Trinajstić information content (AvgIpc) is 2.94. The van der Waals surface area contributed by atoms with Gasteiger partial charge < -0.3 is 10.6 Å². The van der Waals surface area contributed by atoms with Crippen LogP contribution in [0.2, 0.25) is 0 Å². The summed E-state index contributed by atoms with van der Waals surface area (Å²) >= 11 is 0. The molecule has 112 valence electrons. The molecule has 2 unspecified atom stereocenters. The Bertz CT molecular complexity index is 633. The Morgan fingerprint density at radius 3 is 2.81 bits per heavy atom. The van der Waals surface area contributed by atoms with Crippen molar-refractivity contribution in [3.8, 4) is 11.4 Å². The van der Waals surface area contributed by atoms with Crippen molar-refractivity contribution in [1.29, 1.82) is 0 Å². The molecule has 3 rings (SSSR count). The molecule has 1 aromatic heterocycles. The minimum atomic E-state index is 0.197. The van der Waals surface area contributed by atoms with Crippen LogP contribution in [0, 0.1) is 19.8 Å². The average molecular weight is 285 g/mol. The van der Waals surface area contributed by atoms with E-state index in [0.717, 1.165) is 36.8 Å². The van der Waals surface area contributed by atoms with Gasteiger partial charge in [0.15, 0.2) is 5.82 Å². The summed E-state index contributed by atoms with van der Waals surface area (Å²) in [5.74, 6) is 2.14. The van der Waals surface area contributed by atoms with Crippen molar-refractivity contribution in [2.75, 3.05) is 18.0 Å². The minimum Gasteiger partial charge on any atom is -0.338 e. The molecule has 2 atom stereocenters.